The first-order valence-electron chi connectivity index (χ1n) is 15.9. The van der Waals surface area contributed by atoms with Gasteiger partial charge in [0.25, 0.3) is 11.8 Å². The normalized spacial score (nSPS) is 20.1. The molecule has 2 aliphatic heterocycles. The van der Waals surface area contributed by atoms with Gasteiger partial charge in [-0.15, -0.1) is 0 Å². The summed E-state index contributed by atoms with van der Waals surface area (Å²) in [6.07, 6.45) is 0.867. The van der Waals surface area contributed by atoms with E-state index in [1.54, 1.807) is 109 Å². The van der Waals surface area contributed by atoms with Gasteiger partial charge in [-0.2, -0.15) is 0 Å². The number of hydrogen-bond acceptors (Lipinski definition) is 6. The fraction of sp³-hybridized carbons (Fsp3) is 0.316. The SMILES string of the molecule is CC1(C)C[C@@H](S(=O)(=O)c2ccccc2)N(C(=O)c2ccccc2)C1.CC1(C)C[C@H](S(=O)(=O)c2ccccc2)N(C(=O)c2ccccc2)C1. The molecule has 2 fully saturated rings. The number of hydrogen-bond donors (Lipinski definition) is 0. The molecule has 0 spiro atoms. The molecule has 6 rings (SSSR count). The third-order valence-corrected chi connectivity index (χ3v) is 12.9. The van der Waals surface area contributed by atoms with Gasteiger partial charge in [-0.05, 0) is 72.2 Å². The van der Waals surface area contributed by atoms with Crippen molar-refractivity contribution in [3.63, 3.8) is 0 Å². The van der Waals surface area contributed by atoms with Crippen molar-refractivity contribution in [3.8, 4) is 0 Å². The molecule has 0 N–H and O–H groups in total. The maximum atomic E-state index is 13.1. The van der Waals surface area contributed by atoms with Gasteiger partial charge in [0.05, 0.1) is 9.79 Å². The van der Waals surface area contributed by atoms with E-state index >= 15 is 0 Å². The largest absolute Gasteiger partial charge is 0.321 e. The van der Waals surface area contributed by atoms with Gasteiger partial charge < -0.3 is 9.80 Å². The van der Waals surface area contributed by atoms with Crippen LogP contribution in [-0.2, 0) is 19.7 Å². The Morgan fingerprint density at radius 3 is 1.06 bits per heavy atom. The number of carbonyl (C=O) groups excluding carboxylic acids is 2. The Kier molecular flexibility index (Phi) is 9.99. The molecule has 2 aliphatic rings. The number of benzene rings is 4. The van der Waals surface area contributed by atoms with Crippen molar-refractivity contribution in [1.82, 2.24) is 9.80 Å². The predicted octanol–water partition coefficient (Wildman–Crippen LogP) is 6.72. The van der Waals surface area contributed by atoms with E-state index in [0.29, 0.717) is 37.1 Å². The molecule has 0 saturated carbocycles. The molecule has 2 amide bonds. The number of rotatable bonds is 6. The van der Waals surface area contributed by atoms with Gasteiger partial charge >= 0.3 is 0 Å². The highest BCUT2D eigenvalue weighted by atomic mass is 32.2. The highest BCUT2D eigenvalue weighted by Gasteiger charge is 2.48. The molecule has 0 aromatic heterocycles. The van der Waals surface area contributed by atoms with Crippen molar-refractivity contribution >= 4 is 31.5 Å². The summed E-state index contributed by atoms with van der Waals surface area (Å²) in [4.78, 5) is 29.3. The zero-order valence-electron chi connectivity index (χ0n) is 27.7. The lowest BCUT2D eigenvalue weighted by Crippen LogP contribution is -2.40. The molecule has 48 heavy (non-hydrogen) atoms. The molecule has 8 nitrogen and oxygen atoms in total. The van der Waals surface area contributed by atoms with Crippen LogP contribution in [0.4, 0.5) is 0 Å². The van der Waals surface area contributed by atoms with Crippen LogP contribution in [0.3, 0.4) is 0 Å². The summed E-state index contributed by atoms with van der Waals surface area (Å²) in [6.45, 7) is 8.85. The van der Waals surface area contributed by atoms with Gasteiger partial charge in [0, 0.05) is 24.2 Å². The molecule has 0 radical (unpaired) electrons. The molecular weight excluding hydrogens is 645 g/mol. The van der Waals surface area contributed by atoms with E-state index in [2.05, 4.69) is 0 Å². The van der Waals surface area contributed by atoms with Crippen LogP contribution in [0.5, 0.6) is 0 Å². The summed E-state index contributed by atoms with van der Waals surface area (Å²) in [5.74, 6) is -0.462. The fourth-order valence-electron chi connectivity index (χ4n) is 6.41. The van der Waals surface area contributed by atoms with E-state index in [1.807, 2.05) is 39.8 Å². The Balaban J connectivity index is 0.000000188. The Hall–Kier alpha value is -4.28. The van der Waals surface area contributed by atoms with Crippen LogP contribution in [0.25, 0.3) is 0 Å². The molecule has 2 saturated heterocycles. The summed E-state index contributed by atoms with van der Waals surface area (Å²) in [7, 11) is -7.21. The summed E-state index contributed by atoms with van der Waals surface area (Å²) in [5.41, 5.74) is 0.556. The average molecular weight is 687 g/mol. The van der Waals surface area contributed by atoms with Crippen molar-refractivity contribution < 1.29 is 26.4 Å². The van der Waals surface area contributed by atoms with Crippen LogP contribution >= 0.6 is 0 Å². The molecule has 252 valence electrons. The van der Waals surface area contributed by atoms with Gasteiger partial charge in [-0.1, -0.05) is 100 Å². The van der Waals surface area contributed by atoms with E-state index < -0.39 is 30.4 Å². The van der Waals surface area contributed by atoms with Crippen molar-refractivity contribution in [2.75, 3.05) is 13.1 Å². The van der Waals surface area contributed by atoms with E-state index in [9.17, 15) is 26.4 Å². The molecule has 0 unspecified atom stereocenters. The highest BCUT2D eigenvalue weighted by molar-refractivity contribution is 7.92. The first-order chi connectivity index (χ1) is 22.6. The molecule has 4 aromatic rings. The summed E-state index contributed by atoms with van der Waals surface area (Å²) < 4.78 is 52.3. The zero-order chi connectivity index (χ0) is 34.7. The average Bonchev–Trinajstić information content (AvgIpc) is 3.61. The van der Waals surface area contributed by atoms with E-state index in [0.717, 1.165) is 0 Å². The summed E-state index contributed by atoms with van der Waals surface area (Å²) >= 11 is 0. The van der Waals surface area contributed by atoms with Gasteiger partial charge in [0.15, 0.2) is 19.7 Å². The van der Waals surface area contributed by atoms with Crippen molar-refractivity contribution in [1.29, 1.82) is 0 Å². The zero-order valence-corrected chi connectivity index (χ0v) is 29.3. The standard InChI is InChI=1S/2C19H21NO3S/c2*1-19(2)13-17(24(22,23)16-11-7-4-8-12-16)20(14-19)18(21)15-9-5-3-6-10-15/h2*3-12,17H,13-14H2,1-2H3/t2*17-/m10/s1. The molecule has 10 heteroatoms. The Morgan fingerprint density at radius 2 is 0.771 bits per heavy atom. The van der Waals surface area contributed by atoms with Gasteiger partial charge in [0.1, 0.15) is 10.7 Å². The van der Waals surface area contributed by atoms with Crippen LogP contribution in [-0.4, -0.2) is 62.3 Å². The number of nitrogens with zero attached hydrogens (tertiary/aromatic N) is 2. The predicted molar refractivity (Wildman–Crippen MR) is 187 cm³/mol. The minimum absolute atomic E-state index is 0.231. The maximum Gasteiger partial charge on any atom is 0.254 e. The molecule has 0 aliphatic carbocycles. The first-order valence-corrected chi connectivity index (χ1v) is 19.0. The Bertz CT molecular complexity index is 1800. The van der Waals surface area contributed by atoms with E-state index in [1.165, 1.54) is 9.80 Å². The third kappa shape index (κ3) is 7.55. The first kappa shape index (κ1) is 35.0. The number of likely N-dealkylation sites (tertiary alicyclic amines) is 2. The van der Waals surface area contributed by atoms with Crippen LogP contribution < -0.4 is 0 Å². The lowest BCUT2D eigenvalue weighted by atomic mass is 9.93. The minimum atomic E-state index is -3.61. The Labute approximate surface area is 284 Å². The smallest absolute Gasteiger partial charge is 0.254 e. The van der Waals surface area contributed by atoms with Crippen molar-refractivity contribution in [2.45, 2.75) is 61.1 Å². The third-order valence-electron chi connectivity index (χ3n) is 8.77. The van der Waals surface area contributed by atoms with Crippen molar-refractivity contribution in [2.24, 2.45) is 10.8 Å². The monoisotopic (exact) mass is 686 g/mol. The fourth-order valence-corrected chi connectivity index (χ4v) is 10.5. The summed E-state index contributed by atoms with van der Waals surface area (Å²) in [6, 6.07) is 34.4. The lowest BCUT2D eigenvalue weighted by molar-refractivity contribution is 0.0754. The number of sulfone groups is 2. The van der Waals surface area contributed by atoms with Gasteiger partial charge in [0.2, 0.25) is 0 Å². The Morgan fingerprint density at radius 1 is 0.500 bits per heavy atom. The molecule has 0 bridgehead atoms. The van der Waals surface area contributed by atoms with E-state index in [-0.39, 0.29) is 32.4 Å². The van der Waals surface area contributed by atoms with Crippen LogP contribution in [0.15, 0.2) is 131 Å². The van der Waals surface area contributed by atoms with Gasteiger partial charge in [-0.3, -0.25) is 9.59 Å². The summed E-state index contributed by atoms with van der Waals surface area (Å²) in [5, 5.41) is -1.66. The second-order valence-corrected chi connectivity index (χ2v) is 18.2. The van der Waals surface area contributed by atoms with Gasteiger partial charge in [-0.25, -0.2) is 16.8 Å². The number of carbonyl (C=O) groups is 2. The minimum Gasteiger partial charge on any atom is -0.321 e. The lowest BCUT2D eigenvalue weighted by Gasteiger charge is -2.25. The van der Waals surface area contributed by atoms with Crippen LogP contribution in [0.1, 0.15) is 61.3 Å². The molecule has 2 atom stereocenters. The highest BCUT2D eigenvalue weighted by Crippen LogP contribution is 2.40. The molecule has 2 heterocycles. The molecule has 4 aromatic carbocycles. The van der Waals surface area contributed by atoms with Crippen LogP contribution in [0.2, 0.25) is 0 Å². The second-order valence-electron chi connectivity index (χ2n) is 14.0. The topological polar surface area (TPSA) is 109 Å². The maximum absolute atomic E-state index is 13.1. The van der Waals surface area contributed by atoms with E-state index in [4.69, 9.17) is 0 Å². The number of amides is 2. The quantitative estimate of drug-likeness (QED) is 0.223. The molecular formula is C38H42N2O6S2. The van der Waals surface area contributed by atoms with Crippen molar-refractivity contribution in [3.05, 3.63) is 132 Å². The second kappa shape index (κ2) is 13.7. The van der Waals surface area contributed by atoms with Crippen LogP contribution in [0, 0.1) is 10.8 Å².